The number of imidazole rings is 1. The number of aromatic amines is 1. The third-order valence-electron chi connectivity index (χ3n) is 2.64. The van der Waals surface area contributed by atoms with Crippen LogP contribution in [0.4, 0.5) is 5.69 Å². The zero-order valence-corrected chi connectivity index (χ0v) is 10.2. The normalized spacial score (nSPS) is 10.1. The molecule has 5 heteroatoms. The van der Waals surface area contributed by atoms with Crippen LogP contribution >= 0.6 is 0 Å². The number of nitrogens with one attached hydrogen (secondary N) is 3. The Balaban J connectivity index is 1.91. The van der Waals surface area contributed by atoms with Gasteiger partial charge in [0.2, 0.25) is 0 Å². The van der Waals surface area contributed by atoms with Crippen LogP contribution in [0.25, 0.3) is 0 Å². The predicted octanol–water partition coefficient (Wildman–Crippen LogP) is 1.42. The summed E-state index contributed by atoms with van der Waals surface area (Å²) >= 11 is 0. The van der Waals surface area contributed by atoms with Gasteiger partial charge in [-0.1, -0.05) is 12.1 Å². The van der Waals surface area contributed by atoms with Crippen LogP contribution < -0.4 is 10.6 Å². The second kappa shape index (κ2) is 5.86. The molecule has 0 saturated carbocycles. The summed E-state index contributed by atoms with van der Waals surface area (Å²) in [5.74, 6) is 0.795. The molecule has 0 saturated heterocycles. The van der Waals surface area contributed by atoms with Crippen LogP contribution in [0.5, 0.6) is 0 Å². The van der Waals surface area contributed by atoms with E-state index in [1.165, 1.54) is 0 Å². The van der Waals surface area contributed by atoms with Gasteiger partial charge in [-0.15, -0.1) is 0 Å². The molecule has 1 aromatic heterocycles. The molecule has 2 rings (SSSR count). The number of carbonyl (C=O) groups is 1. The van der Waals surface area contributed by atoms with Crippen molar-refractivity contribution in [2.24, 2.45) is 0 Å². The maximum Gasteiger partial charge on any atom is 0.253 e. The summed E-state index contributed by atoms with van der Waals surface area (Å²) in [7, 11) is 1.80. The summed E-state index contributed by atoms with van der Waals surface area (Å²) in [6.45, 7) is 0.560. The van der Waals surface area contributed by atoms with Crippen LogP contribution in [0.2, 0.25) is 0 Å². The molecule has 0 radical (unpaired) electrons. The average molecular weight is 244 g/mol. The first-order valence-corrected chi connectivity index (χ1v) is 5.84. The second-order valence-electron chi connectivity index (χ2n) is 3.84. The monoisotopic (exact) mass is 244 g/mol. The van der Waals surface area contributed by atoms with Crippen molar-refractivity contribution < 1.29 is 4.79 Å². The Morgan fingerprint density at radius 3 is 2.94 bits per heavy atom. The first-order chi connectivity index (χ1) is 8.81. The number of amides is 1. The van der Waals surface area contributed by atoms with E-state index in [2.05, 4.69) is 20.6 Å². The van der Waals surface area contributed by atoms with E-state index >= 15 is 0 Å². The molecule has 0 unspecified atom stereocenters. The number of H-pyrrole nitrogens is 1. The van der Waals surface area contributed by atoms with Crippen LogP contribution in [-0.4, -0.2) is 29.5 Å². The summed E-state index contributed by atoms with van der Waals surface area (Å²) in [6.07, 6.45) is 4.17. The molecule has 0 aliphatic carbocycles. The van der Waals surface area contributed by atoms with Crippen molar-refractivity contribution in [3.8, 4) is 0 Å². The predicted molar refractivity (Wildman–Crippen MR) is 70.6 cm³/mol. The van der Waals surface area contributed by atoms with E-state index in [1.54, 1.807) is 25.5 Å². The molecule has 0 aliphatic rings. The topological polar surface area (TPSA) is 69.8 Å². The van der Waals surface area contributed by atoms with Crippen LogP contribution in [0.15, 0.2) is 36.7 Å². The summed E-state index contributed by atoms with van der Waals surface area (Å²) in [5.41, 5.74) is 1.48. The molecule has 0 fully saturated rings. The minimum absolute atomic E-state index is 0.0773. The van der Waals surface area contributed by atoms with Gasteiger partial charge in [-0.3, -0.25) is 4.79 Å². The summed E-state index contributed by atoms with van der Waals surface area (Å²) in [6, 6.07) is 7.42. The number of hydrogen-bond donors (Lipinski definition) is 3. The Morgan fingerprint density at radius 1 is 1.39 bits per heavy atom. The van der Waals surface area contributed by atoms with E-state index in [0.29, 0.717) is 18.5 Å². The molecule has 94 valence electrons. The quantitative estimate of drug-likeness (QED) is 0.745. The molecule has 1 aromatic carbocycles. The molecule has 0 spiro atoms. The van der Waals surface area contributed by atoms with Crippen molar-refractivity contribution >= 4 is 11.6 Å². The summed E-state index contributed by atoms with van der Waals surface area (Å²) < 4.78 is 0. The third-order valence-corrected chi connectivity index (χ3v) is 2.64. The number of anilines is 1. The summed E-state index contributed by atoms with van der Waals surface area (Å²) in [4.78, 5) is 19.1. The van der Waals surface area contributed by atoms with Crippen molar-refractivity contribution in [3.63, 3.8) is 0 Å². The SMILES string of the molecule is CNc1ccccc1C(=O)NCCc1ncc[nH]1. The molecule has 18 heavy (non-hydrogen) atoms. The van der Waals surface area contributed by atoms with Crippen molar-refractivity contribution in [1.82, 2.24) is 15.3 Å². The number of benzene rings is 1. The molecule has 0 atom stereocenters. The standard InChI is InChI=1S/C13H16N4O/c1-14-11-5-3-2-4-10(11)13(18)17-7-6-12-15-8-9-16-12/h2-5,8-9,14H,6-7H2,1H3,(H,15,16)(H,17,18). The second-order valence-corrected chi connectivity index (χ2v) is 3.84. The van der Waals surface area contributed by atoms with Gasteiger partial charge >= 0.3 is 0 Å². The Labute approximate surface area is 106 Å². The van der Waals surface area contributed by atoms with Crippen molar-refractivity contribution in [2.45, 2.75) is 6.42 Å². The number of para-hydroxylation sites is 1. The Hall–Kier alpha value is -2.30. The van der Waals surface area contributed by atoms with Crippen molar-refractivity contribution in [2.75, 3.05) is 18.9 Å². The average Bonchev–Trinajstić information content (AvgIpc) is 2.91. The Bertz CT molecular complexity index is 507. The molecule has 1 amide bonds. The van der Waals surface area contributed by atoms with Gasteiger partial charge in [0.25, 0.3) is 5.91 Å². The largest absolute Gasteiger partial charge is 0.387 e. The van der Waals surface area contributed by atoms with Gasteiger partial charge in [-0.25, -0.2) is 4.98 Å². The van der Waals surface area contributed by atoms with Gasteiger partial charge in [0.1, 0.15) is 5.82 Å². The number of aromatic nitrogens is 2. The fourth-order valence-corrected chi connectivity index (χ4v) is 1.72. The van der Waals surface area contributed by atoms with Crippen LogP contribution in [-0.2, 0) is 6.42 Å². The summed E-state index contributed by atoms with van der Waals surface area (Å²) in [5, 5.41) is 5.87. The third kappa shape index (κ3) is 2.88. The van der Waals surface area contributed by atoms with E-state index in [9.17, 15) is 4.79 Å². The minimum atomic E-state index is -0.0773. The number of nitrogens with zero attached hydrogens (tertiary/aromatic N) is 1. The number of hydrogen-bond acceptors (Lipinski definition) is 3. The van der Waals surface area contributed by atoms with Gasteiger partial charge in [0, 0.05) is 38.1 Å². The maximum atomic E-state index is 12.0. The van der Waals surface area contributed by atoms with Gasteiger partial charge in [-0.2, -0.15) is 0 Å². The first-order valence-electron chi connectivity index (χ1n) is 5.84. The maximum absolute atomic E-state index is 12.0. The van der Waals surface area contributed by atoms with Gasteiger partial charge in [0.05, 0.1) is 5.56 Å². The van der Waals surface area contributed by atoms with Gasteiger partial charge in [0.15, 0.2) is 0 Å². The number of carbonyl (C=O) groups excluding carboxylic acids is 1. The Kier molecular flexibility index (Phi) is 3.96. The van der Waals surface area contributed by atoms with E-state index in [-0.39, 0.29) is 5.91 Å². The fourth-order valence-electron chi connectivity index (χ4n) is 1.72. The lowest BCUT2D eigenvalue weighted by atomic mass is 10.1. The highest BCUT2D eigenvalue weighted by molar-refractivity contribution is 5.99. The van der Waals surface area contributed by atoms with E-state index in [1.807, 2.05) is 18.2 Å². The van der Waals surface area contributed by atoms with E-state index in [0.717, 1.165) is 11.5 Å². The zero-order valence-electron chi connectivity index (χ0n) is 10.2. The van der Waals surface area contributed by atoms with E-state index < -0.39 is 0 Å². The lowest BCUT2D eigenvalue weighted by Crippen LogP contribution is -2.26. The van der Waals surface area contributed by atoms with Crippen molar-refractivity contribution in [1.29, 1.82) is 0 Å². The molecule has 1 heterocycles. The van der Waals surface area contributed by atoms with Gasteiger partial charge < -0.3 is 15.6 Å². The highest BCUT2D eigenvalue weighted by atomic mass is 16.1. The van der Waals surface area contributed by atoms with Crippen LogP contribution in [0.3, 0.4) is 0 Å². The highest BCUT2D eigenvalue weighted by Gasteiger charge is 2.09. The van der Waals surface area contributed by atoms with Crippen LogP contribution in [0, 0.1) is 0 Å². The Morgan fingerprint density at radius 2 is 2.22 bits per heavy atom. The molecule has 2 aromatic rings. The molecule has 0 bridgehead atoms. The molecule has 0 aliphatic heterocycles. The van der Waals surface area contributed by atoms with Gasteiger partial charge in [-0.05, 0) is 12.1 Å². The highest BCUT2D eigenvalue weighted by Crippen LogP contribution is 2.13. The lowest BCUT2D eigenvalue weighted by molar-refractivity contribution is 0.0955. The van der Waals surface area contributed by atoms with Crippen LogP contribution in [0.1, 0.15) is 16.2 Å². The molecule has 5 nitrogen and oxygen atoms in total. The number of rotatable bonds is 5. The first kappa shape index (κ1) is 12.2. The molecule has 3 N–H and O–H groups in total. The molecular formula is C13H16N4O. The van der Waals surface area contributed by atoms with Crippen molar-refractivity contribution in [3.05, 3.63) is 48.0 Å². The zero-order chi connectivity index (χ0) is 12.8. The fraction of sp³-hybridized carbons (Fsp3) is 0.231. The lowest BCUT2D eigenvalue weighted by Gasteiger charge is -2.08. The molecular weight excluding hydrogens is 228 g/mol. The smallest absolute Gasteiger partial charge is 0.253 e. The minimum Gasteiger partial charge on any atom is -0.387 e. The van der Waals surface area contributed by atoms with E-state index in [4.69, 9.17) is 0 Å².